The maximum Gasteiger partial charge on any atom is 0.219 e. The van der Waals surface area contributed by atoms with Crippen molar-refractivity contribution >= 4 is 5.91 Å². The molecular weight excluding hydrogens is 212 g/mol. The van der Waals surface area contributed by atoms with Crippen molar-refractivity contribution in [1.29, 1.82) is 0 Å². The molecule has 3 heteroatoms. The molecule has 0 aliphatic rings. The summed E-state index contributed by atoms with van der Waals surface area (Å²) in [6.07, 6.45) is 6.77. The van der Waals surface area contributed by atoms with Gasteiger partial charge in [0.15, 0.2) is 0 Å². The van der Waals surface area contributed by atoms with Gasteiger partial charge in [-0.2, -0.15) is 0 Å². The normalized spacial score (nSPS) is 11.5. The van der Waals surface area contributed by atoms with Crippen LogP contribution in [0.15, 0.2) is 0 Å². The third-order valence-corrected chi connectivity index (χ3v) is 3.10. The van der Waals surface area contributed by atoms with E-state index < -0.39 is 0 Å². The van der Waals surface area contributed by atoms with Crippen LogP contribution in [0.1, 0.15) is 59.3 Å². The Morgan fingerprint density at radius 1 is 1.18 bits per heavy atom. The second-order valence-electron chi connectivity index (χ2n) is 5.57. The first kappa shape index (κ1) is 16.4. The van der Waals surface area contributed by atoms with Crippen LogP contribution in [0, 0.1) is 5.41 Å². The van der Waals surface area contributed by atoms with Crippen molar-refractivity contribution in [2.24, 2.45) is 5.41 Å². The van der Waals surface area contributed by atoms with Gasteiger partial charge in [-0.15, -0.1) is 0 Å². The van der Waals surface area contributed by atoms with E-state index in [0.29, 0.717) is 11.8 Å². The fourth-order valence-electron chi connectivity index (χ4n) is 1.87. The average molecular weight is 242 g/mol. The lowest BCUT2D eigenvalue weighted by atomic mass is 9.87. The maximum atomic E-state index is 11.0. The molecule has 0 heterocycles. The van der Waals surface area contributed by atoms with Crippen molar-refractivity contribution in [2.45, 2.75) is 59.3 Å². The summed E-state index contributed by atoms with van der Waals surface area (Å²) in [4.78, 5) is 11.0. The topological polar surface area (TPSA) is 41.1 Å². The van der Waals surface area contributed by atoms with E-state index in [2.05, 4.69) is 31.4 Å². The van der Waals surface area contributed by atoms with E-state index in [4.69, 9.17) is 0 Å². The first-order chi connectivity index (χ1) is 8.02. The molecule has 0 aliphatic heterocycles. The van der Waals surface area contributed by atoms with Crippen LogP contribution in [-0.2, 0) is 4.79 Å². The fourth-order valence-corrected chi connectivity index (χ4v) is 1.87. The van der Waals surface area contributed by atoms with Gasteiger partial charge < -0.3 is 10.6 Å². The first-order valence-corrected chi connectivity index (χ1v) is 6.93. The minimum atomic E-state index is 0.133. The number of nitrogens with one attached hydrogen (secondary N) is 2. The van der Waals surface area contributed by atoms with Gasteiger partial charge in [-0.1, -0.05) is 40.0 Å². The SMILES string of the molecule is CCCCCC(C)(C)CNCCCC(=O)NC. The lowest BCUT2D eigenvalue weighted by Gasteiger charge is -2.25. The molecule has 0 saturated heterocycles. The summed E-state index contributed by atoms with van der Waals surface area (Å²) in [5.74, 6) is 0.133. The Balaban J connectivity index is 3.48. The number of amides is 1. The van der Waals surface area contributed by atoms with E-state index >= 15 is 0 Å². The van der Waals surface area contributed by atoms with Crippen LogP contribution in [0.2, 0.25) is 0 Å². The largest absolute Gasteiger partial charge is 0.359 e. The quantitative estimate of drug-likeness (QED) is 0.578. The first-order valence-electron chi connectivity index (χ1n) is 6.93. The highest BCUT2D eigenvalue weighted by atomic mass is 16.1. The Morgan fingerprint density at radius 2 is 1.88 bits per heavy atom. The van der Waals surface area contributed by atoms with Crippen LogP contribution in [0.3, 0.4) is 0 Å². The molecule has 0 atom stereocenters. The predicted octanol–water partition coefficient (Wildman–Crippen LogP) is 2.71. The number of unbranched alkanes of at least 4 members (excludes halogenated alkanes) is 2. The molecule has 0 bridgehead atoms. The second-order valence-corrected chi connectivity index (χ2v) is 5.57. The Kier molecular flexibility index (Phi) is 9.14. The van der Waals surface area contributed by atoms with Crippen molar-refractivity contribution in [3.8, 4) is 0 Å². The highest BCUT2D eigenvalue weighted by Gasteiger charge is 2.16. The average Bonchev–Trinajstić information content (AvgIpc) is 2.28. The van der Waals surface area contributed by atoms with Crippen LogP contribution in [0.4, 0.5) is 0 Å². The highest BCUT2D eigenvalue weighted by molar-refractivity contribution is 5.75. The molecule has 0 rings (SSSR count). The molecular formula is C14H30N2O. The van der Waals surface area contributed by atoms with E-state index in [0.717, 1.165) is 19.5 Å². The Hall–Kier alpha value is -0.570. The zero-order chi connectivity index (χ0) is 13.1. The van der Waals surface area contributed by atoms with Crippen molar-refractivity contribution in [3.05, 3.63) is 0 Å². The summed E-state index contributed by atoms with van der Waals surface area (Å²) in [6.45, 7) is 8.85. The zero-order valence-electron chi connectivity index (χ0n) is 12.1. The van der Waals surface area contributed by atoms with Gasteiger partial charge in [-0.25, -0.2) is 0 Å². The maximum absolute atomic E-state index is 11.0. The van der Waals surface area contributed by atoms with Crippen molar-refractivity contribution in [3.63, 3.8) is 0 Å². The molecule has 0 saturated carbocycles. The number of hydrogen-bond donors (Lipinski definition) is 2. The lowest BCUT2D eigenvalue weighted by molar-refractivity contribution is -0.120. The summed E-state index contributed by atoms with van der Waals surface area (Å²) >= 11 is 0. The van der Waals surface area contributed by atoms with Crippen molar-refractivity contribution in [2.75, 3.05) is 20.1 Å². The third-order valence-electron chi connectivity index (χ3n) is 3.10. The van der Waals surface area contributed by atoms with Crippen LogP contribution in [0.25, 0.3) is 0 Å². The second kappa shape index (κ2) is 9.46. The number of carbonyl (C=O) groups excluding carboxylic acids is 1. The molecule has 0 spiro atoms. The summed E-state index contributed by atoms with van der Waals surface area (Å²) < 4.78 is 0. The highest BCUT2D eigenvalue weighted by Crippen LogP contribution is 2.22. The Labute approximate surface area is 107 Å². The molecule has 17 heavy (non-hydrogen) atoms. The Morgan fingerprint density at radius 3 is 2.47 bits per heavy atom. The van der Waals surface area contributed by atoms with E-state index in [-0.39, 0.29) is 5.91 Å². The summed E-state index contributed by atoms with van der Waals surface area (Å²) in [5, 5.41) is 6.09. The fraction of sp³-hybridized carbons (Fsp3) is 0.929. The molecule has 0 radical (unpaired) electrons. The molecule has 0 aliphatic carbocycles. The van der Waals surface area contributed by atoms with Gasteiger partial charge in [0.25, 0.3) is 0 Å². The molecule has 2 N–H and O–H groups in total. The van der Waals surface area contributed by atoms with Crippen molar-refractivity contribution < 1.29 is 4.79 Å². The van der Waals surface area contributed by atoms with Gasteiger partial charge in [0.05, 0.1) is 0 Å². The molecule has 0 aromatic carbocycles. The van der Waals surface area contributed by atoms with Crippen molar-refractivity contribution in [1.82, 2.24) is 10.6 Å². The monoisotopic (exact) mass is 242 g/mol. The van der Waals surface area contributed by atoms with Gasteiger partial charge >= 0.3 is 0 Å². The number of carbonyl (C=O) groups is 1. The van der Waals surface area contributed by atoms with Crippen LogP contribution < -0.4 is 10.6 Å². The summed E-state index contributed by atoms with van der Waals surface area (Å²) in [5.41, 5.74) is 0.377. The van der Waals surface area contributed by atoms with Gasteiger partial charge in [0, 0.05) is 20.0 Å². The number of rotatable bonds is 10. The van der Waals surface area contributed by atoms with Gasteiger partial charge in [-0.3, -0.25) is 4.79 Å². The van der Waals surface area contributed by atoms with E-state index in [1.807, 2.05) is 0 Å². The van der Waals surface area contributed by atoms with Crippen LogP contribution >= 0.6 is 0 Å². The van der Waals surface area contributed by atoms with E-state index in [1.54, 1.807) is 7.05 Å². The standard InChI is InChI=1S/C14H30N2O/c1-5-6-7-10-14(2,3)12-16-11-8-9-13(17)15-4/h16H,5-12H2,1-4H3,(H,15,17). The lowest BCUT2D eigenvalue weighted by Crippen LogP contribution is -2.30. The molecule has 0 aromatic heterocycles. The Bertz CT molecular complexity index is 202. The minimum absolute atomic E-state index is 0.133. The van der Waals surface area contributed by atoms with E-state index in [1.165, 1.54) is 25.7 Å². The molecule has 102 valence electrons. The molecule has 0 fully saturated rings. The smallest absolute Gasteiger partial charge is 0.219 e. The zero-order valence-corrected chi connectivity index (χ0v) is 12.1. The minimum Gasteiger partial charge on any atom is -0.359 e. The molecule has 3 nitrogen and oxygen atoms in total. The molecule has 1 amide bonds. The van der Waals surface area contributed by atoms with Gasteiger partial charge in [-0.05, 0) is 24.8 Å². The van der Waals surface area contributed by atoms with Gasteiger partial charge in [0.1, 0.15) is 0 Å². The summed E-state index contributed by atoms with van der Waals surface area (Å²) in [7, 11) is 1.69. The predicted molar refractivity (Wildman–Crippen MR) is 74.1 cm³/mol. The number of hydrogen-bond acceptors (Lipinski definition) is 2. The summed E-state index contributed by atoms with van der Waals surface area (Å²) in [6, 6.07) is 0. The van der Waals surface area contributed by atoms with Gasteiger partial charge in [0.2, 0.25) is 5.91 Å². The van der Waals surface area contributed by atoms with E-state index in [9.17, 15) is 4.79 Å². The molecule has 0 aromatic rings. The third kappa shape index (κ3) is 10.3. The molecule has 0 unspecified atom stereocenters. The van der Waals surface area contributed by atoms with Crippen LogP contribution in [-0.4, -0.2) is 26.0 Å². The van der Waals surface area contributed by atoms with Crippen LogP contribution in [0.5, 0.6) is 0 Å².